The molecule has 0 aliphatic heterocycles. The van der Waals surface area contributed by atoms with Crippen LogP contribution in [0.5, 0.6) is 0 Å². The maximum Gasteiger partial charge on any atom is 0.303 e. The maximum atomic E-state index is 10.9. The number of aliphatic carboxylic acids is 1. The normalized spacial score (nSPS) is 14.7. The Labute approximate surface area is 100 Å². The minimum Gasteiger partial charge on any atom is -0.481 e. The van der Waals surface area contributed by atoms with Crippen molar-refractivity contribution in [3.63, 3.8) is 0 Å². The highest BCUT2D eigenvalue weighted by Gasteiger charge is 2.22. The van der Waals surface area contributed by atoms with Crippen LogP contribution in [0.4, 0.5) is 0 Å². The summed E-state index contributed by atoms with van der Waals surface area (Å²) in [6.45, 7) is 6.55. The SMILES string of the molecule is CCCCC(CCC)C(CCC)CC(=O)O. The summed E-state index contributed by atoms with van der Waals surface area (Å²) in [5.74, 6) is 0.394. The fourth-order valence-corrected chi connectivity index (χ4v) is 2.55. The Bertz CT molecular complexity index is 178. The van der Waals surface area contributed by atoms with Crippen molar-refractivity contribution in [3.8, 4) is 0 Å². The molecule has 0 heterocycles. The van der Waals surface area contributed by atoms with Gasteiger partial charge in [-0.05, 0) is 18.3 Å². The third-order valence-electron chi connectivity index (χ3n) is 3.35. The van der Waals surface area contributed by atoms with Crippen LogP contribution in [0.2, 0.25) is 0 Å². The minimum atomic E-state index is -0.629. The fraction of sp³-hybridized carbons (Fsp3) is 0.929. The van der Waals surface area contributed by atoms with E-state index >= 15 is 0 Å². The highest BCUT2D eigenvalue weighted by atomic mass is 16.4. The molecule has 0 rings (SSSR count). The smallest absolute Gasteiger partial charge is 0.303 e. The molecule has 0 aliphatic rings. The first-order valence-electron chi connectivity index (χ1n) is 6.87. The molecule has 2 heteroatoms. The van der Waals surface area contributed by atoms with Gasteiger partial charge < -0.3 is 5.11 Å². The largest absolute Gasteiger partial charge is 0.481 e. The van der Waals surface area contributed by atoms with Crippen molar-refractivity contribution in [2.24, 2.45) is 11.8 Å². The number of unbranched alkanes of at least 4 members (excludes halogenated alkanes) is 1. The molecule has 0 aliphatic carbocycles. The van der Waals surface area contributed by atoms with E-state index in [0.717, 1.165) is 12.8 Å². The summed E-state index contributed by atoms with van der Waals surface area (Å²) in [5, 5.41) is 8.95. The van der Waals surface area contributed by atoms with E-state index in [-0.39, 0.29) is 0 Å². The summed E-state index contributed by atoms with van der Waals surface area (Å²) >= 11 is 0. The molecule has 96 valence electrons. The lowest BCUT2D eigenvalue weighted by molar-refractivity contribution is -0.138. The minimum absolute atomic E-state index is 0.363. The van der Waals surface area contributed by atoms with Crippen LogP contribution in [-0.4, -0.2) is 11.1 Å². The van der Waals surface area contributed by atoms with Gasteiger partial charge in [-0.3, -0.25) is 4.79 Å². The molecule has 0 bridgehead atoms. The van der Waals surface area contributed by atoms with Gasteiger partial charge in [0.05, 0.1) is 0 Å². The van der Waals surface area contributed by atoms with Gasteiger partial charge in [0.25, 0.3) is 0 Å². The zero-order chi connectivity index (χ0) is 12.4. The maximum absolute atomic E-state index is 10.9. The summed E-state index contributed by atoms with van der Waals surface area (Å²) in [5.41, 5.74) is 0. The summed E-state index contributed by atoms with van der Waals surface area (Å²) in [6, 6.07) is 0. The summed E-state index contributed by atoms with van der Waals surface area (Å²) < 4.78 is 0. The molecule has 0 radical (unpaired) electrons. The predicted octanol–water partition coefficient (Wildman–Crippen LogP) is 4.48. The van der Waals surface area contributed by atoms with Gasteiger partial charge in [-0.2, -0.15) is 0 Å². The highest BCUT2D eigenvalue weighted by Crippen LogP contribution is 2.30. The molecule has 0 saturated carbocycles. The van der Waals surface area contributed by atoms with E-state index in [2.05, 4.69) is 20.8 Å². The molecule has 0 spiro atoms. The molecular weight excluding hydrogens is 200 g/mol. The summed E-state index contributed by atoms with van der Waals surface area (Å²) in [6.07, 6.45) is 8.57. The molecule has 0 fully saturated rings. The molecular formula is C14H28O2. The average molecular weight is 228 g/mol. The fourth-order valence-electron chi connectivity index (χ4n) is 2.55. The quantitative estimate of drug-likeness (QED) is 0.598. The standard InChI is InChI=1S/C14H28O2/c1-4-7-10-12(8-5-2)13(9-6-3)11-14(15)16/h12-13H,4-11H2,1-3H3,(H,15,16). The Morgan fingerprint density at radius 3 is 1.94 bits per heavy atom. The van der Waals surface area contributed by atoms with Gasteiger partial charge in [-0.1, -0.05) is 59.3 Å². The first kappa shape index (κ1) is 15.5. The van der Waals surface area contributed by atoms with Crippen molar-refractivity contribution in [1.29, 1.82) is 0 Å². The Morgan fingerprint density at radius 2 is 1.50 bits per heavy atom. The second kappa shape index (κ2) is 9.68. The van der Waals surface area contributed by atoms with Crippen molar-refractivity contribution in [2.45, 2.75) is 72.1 Å². The first-order chi connectivity index (χ1) is 7.65. The summed E-state index contributed by atoms with van der Waals surface area (Å²) in [4.78, 5) is 10.9. The zero-order valence-electron chi connectivity index (χ0n) is 11.2. The average Bonchev–Trinajstić information content (AvgIpc) is 2.23. The second-order valence-electron chi connectivity index (χ2n) is 4.84. The number of rotatable bonds is 10. The number of hydrogen-bond donors (Lipinski definition) is 1. The van der Waals surface area contributed by atoms with Gasteiger partial charge in [0.15, 0.2) is 0 Å². The van der Waals surface area contributed by atoms with Crippen LogP contribution < -0.4 is 0 Å². The second-order valence-corrected chi connectivity index (χ2v) is 4.84. The van der Waals surface area contributed by atoms with E-state index in [0.29, 0.717) is 18.3 Å². The van der Waals surface area contributed by atoms with Crippen LogP contribution in [-0.2, 0) is 4.79 Å². The first-order valence-corrected chi connectivity index (χ1v) is 6.87. The van der Waals surface area contributed by atoms with Gasteiger partial charge in [0.2, 0.25) is 0 Å². The Morgan fingerprint density at radius 1 is 0.938 bits per heavy atom. The number of carbonyl (C=O) groups is 1. The zero-order valence-corrected chi connectivity index (χ0v) is 11.2. The van der Waals surface area contributed by atoms with Gasteiger partial charge in [-0.25, -0.2) is 0 Å². The van der Waals surface area contributed by atoms with Crippen molar-refractivity contribution >= 4 is 5.97 Å². The summed E-state index contributed by atoms with van der Waals surface area (Å²) in [7, 11) is 0. The van der Waals surface area contributed by atoms with E-state index in [4.69, 9.17) is 5.11 Å². The monoisotopic (exact) mass is 228 g/mol. The van der Waals surface area contributed by atoms with Crippen LogP contribution in [0.15, 0.2) is 0 Å². The van der Waals surface area contributed by atoms with Crippen LogP contribution in [0.25, 0.3) is 0 Å². The Balaban J connectivity index is 4.31. The molecule has 0 aromatic carbocycles. The van der Waals surface area contributed by atoms with Crippen molar-refractivity contribution < 1.29 is 9.90 Å². The molecule has 0 aromatic rings. The topological polar surface area (TPSA) is 37.3 Å². The number of carboxylic acids is 1. The predicted molar refractivity (Wildman–Crippen MR) is 68.6 cm³/mol. The molecule has 1 N–H and O–H groups in total. The molecule has 2 unspecified atom stereocenters. The lowest BCUT2D eigenvalue weighted by atomic mass is 9.80. The lowest BCUT2D eigenvalue weighted by Crippen LogP contribution is -2.18. The molecule has 16 heavy (non-hydrogen) atoms. The van der Waals surface area contributed by atoms with Crippen LogP contribution in [0.3, 0.4) is 0 Å². The van der Waals surface area contributed by atoms with E-state index in [1.54, 1.807) is 0 Å². The molecule has 2 nitrogen and oxygen atoms in total. The number of hydrogen-bond acceptors (Lipinski definition) is 1. The number of carboxylic acid groups (broad SMARTS) is 1. The third-order valence-corrected chi connectivity index (χ3v) is 3.35. The van der Waals surface area contributed by atoms with E-state index < -0.39 is 5.97 Å². The van der Waals surface area contributed by atoms with Crippen molar-refractivity contribution in [1.82, 2.24) is 0 Å². The molecule has 0 saturated heterocycles. The van der Waals surface area contributed by atoms with Crippen molar-refractivity contribution in [2.75, 3.05) is 0 Å². The highest BCUT2D eigenvalue weighted by molar-refractivity contribution is 5.67. The van der Waals surface area contributed by atoms with E-state index in [1.165, 1.54) is 32.1 Å². The van der Waals surface area contributed by atoms with Crippen LogP contribution in [0, 0.1) is 11.8 Å². The molecule has 2 atom stereocenters. The van der Waals surface area contributed by atoms with E-state index in [1.807, 2.05) is 0 Å². The van der Waals surface area contributed by atoms with Gasteiger partial charge >= 0.3 is 5.97 Å². The third kappa shape index (κ3) is 6.86. The van der Waals surface area contributed by atoms with Crippen molar-refractivity contribution in [3.05, 3.63) is 0 Å². The van der Waals surface area contributed by atoms with Crippen LogP contribution in [0.1, 0.15) is 72.1 Å². The van der Waals surface area contributed by atoms with Gasteiger partial charge in [-0.15, -0.1) is 0 Å². The van der Waals surface area contributed by atoms with Gasteiger partial charge in [0.1, 0.15) is 0 Å². The Hall–Kier alpha value is -0.530. The lowest BCUT2D eigenvalue weighted by Gasteiger charge is -2.25. The van der Waals surface area contributed by atoms with Gasteiger partial charge in [0, 0.05) is 6.42 Å². The Kier molecular flexibility index (Phi) is 9.36. The van der Waals surface area contributed by atoms with E-state index in [9.17, 15) is 4.79 Å². The van der Waals surface area contributed by atoms with Crippen LogP contribution >= 0.6 is 0 Å². The molecule has 0 aromatic heterocycles. The molecule has 0 amide bonds.